The molecule has 3 nitrogen and oxygen atoms in total. The third kappa shape index (κ3) is 1.63. The van der Waals surface area contributed by atoms with Crippen molar-refractivity contribution in [2.45, 2.75) is 26.3 Å². The fraction of sp³-hybridized carbons (Fsp3) is 0.308. The Labute approximate surface area is 94.6 Å². The fourth-order valence-electron chi connectivity index (χ4n) is 2.01. The molecule has 0 amide bonds. The second kappa shape index (κ2) is 4.10. The van der Waals surface area contributed by atoms with E-state index < -0.39 is 6.04 Å². The Kier molecular flexibility index (Phi) is 2.79. The number of aromatic nitrogens is 1. The molecule has 0 aliphatic carbocycles. The van der Waals surface area contributed by atoms with Crippen LogP contribution < -0.4 is 5.73 Å². The summed E-state index contributed by atoms with van der Waals surface area (Å²) in [5.41, 5.74) is 9.10. The lowest BCUT2D eigenvalue weighted by molar-refractivity contribution is -0.118. The number of hydrogen-bond acceptors (Lipinski definition) is 2. The predicted octanol–water partition coefficient (Wildman–Crippen LogP) is 2.32. The van der Waals surface area contributed by atoms with Gasteiger partial charge in [-0.1, -0.05) is 25.1 Å². The Morgan fingerprint density at radius 3 is 2.88 bits per heavy atom. The SMILES string of the molecule is CCc1cccc2c(C(N)C(C)=O)c[nH]c12. The van der Waals surface area contributed by atoms with Crippen LogP contribution in [0.15, 0.2) is 24.4 Å². The average Bonchev–Trinajstić information content (AvgIpc) is 2.71. The van der Waals surface area contributed by atoms with Crippen LogP contribution in [-0.4, -0.2) is 10.8 Å². The summed E-state index contributed by atoms with van der Waals surface area (Å²) in [6, 6.07) is 5.57. The standard InChI is InChI=1S/C13H16N2O/c1-3-9-5-4-6-10-11(7-15-13(9)10)12(14)8(2)16/h4-7,12,15H,3,14H2,1-2H3. The molecule has 0 radical (unpaired) electrons. The first-order valence-corrected chi connectivity index (χ1v) is 5.50. The molecule has 1 atom stereocenters. The van der Waals surface area contributed by atoms with Crippen LogP contribution in [0.5, 0.6) is 0 Å². The summed E-state index contributed by atoms with van der Waals surface area (Å²) in [7, 11) is 0. The smallest absolute Gasteiger partial charge is 0.151 e. The Morgan fingerprint density at radius 2 is 2.25 bits per heavy atom. The van der Waals surface area contributed by atoms with Crippen LogP contribution in [-0.2, 0) is 11.2 Å². The van der Waals surface area contributed by atoms with E-state index in [1.807, 2.05) is 18.3 Å². The van der Waals surface area contributed by atoms with Crippen molar-refractivity contribution >= 4 is 16.7 Å². The van der Waals surface area contributed by atoms with E-state index in [4.69, 9.17) is 5.73 Å². The topological polar surface area (TPSA) is 58.9 Å². The van der Waals surface area contributed by atoms with Gasteiger partial charge >= 0.3 is 0 Å². The van der Waals surface area contributed by atoms with E-state index in [2.05, 4.69) is 18.0 Å². The molecule has 0 fully saturated rings. The number of ketones is 1. The highest BCUT2D eigenvalue weighted by molar-refractivity contribution is 5.92. The Hall–Kier alpha value is -1.61. The van der Waals surface area contributed by atoms with Gasteiger partial charge in [-0.2, -0.15) is 0 Å². The molecule has 0 aliphatic rings. The van der Waals surface area contributed by atoms with Crippen LogP contribution in [0.3, 0.4) is 0 Å². The van der Waals surface area contributed by atoms with Gasteiger partial charge in [0.15, 0.2) is 5.78 Å². The van der Waals surface area contributed by atoms with Gasteiger partial charge in [-0.3, -0.25) is 4.79 Å². The monoisotopic (exact) mass is 216 g/mol. The minimum absolute atomic E-state index is 0.0113. The number of H-pyrrole nitrogens is 1. The largest absolute Gasteiger partial charge is 0.361 e. The van der Waals surface area contributed by atoms with Crippen molar-refractivity contribution in [2.24, 2.45) is 5.73 Å². The molecule has 1 unspecified atom stereocenters. The molecule has 2 aromatic rings. The summed E-state index contributed by atoms with van der Waals surface area (Å²) in [4.78, 5) is 14.5. The van der Waals surface area contributed by atoms with Crippen LogP contribution in [0.25, 0.3) is 10.9 Å². The van der Waals surface area contributed by atoms with Gasteiger partial charge in [0.05, 0.1) is 6.04 Å². The number of benzene rings is 1. The number of rotatable bonds is 3. The van der Waals surface area contributed by atoms with E-state index in [0.29, 0.717) is 0 Å². The molecule has 0 aliphatic heterocycles. The molecule has 1 aromatic heterocycles. The lowest BCUT2D eigenvalue weighted by atomic mass is 10.0. The van der Waals surface area contributed by atoms with Gasteiger partial charge in [0, 0.05) is 22.7 Å². The Balaban J connectivity index is 2.61. The molecule has 3 N–H and O–H groups in total. The number of para-hydroxylation sites is 1. The van der Waals surface area contributed by atoms with Gasteiger partial charge in [0.25, 0.3) is 0 Å². The maximum Gasteiger partial charge on any atom is 0.151 e. The molecule has 84 valence electrons. The van der Waals surface area contributed by atoms with Crippen LogP contribution in [0.2, 0.25) is 0 Å². The zero-order valence-corrected chi connectivity index (χ0v) is 9.58. The van der Waals surface area contributed by atoms with Crippen molar-refractivity contribution in [3.63, 3.8) is 0 Å². The molecule has 1 heterocycles. The van der Waals surface area contributed by atoms with Crippen LogP contribution in [0, 0.1) is 0 Å². The summed E-state index contributed by atoms with van der Waals surface area (Å²) in [6.45, 7) is 3.63. The lowest BCUT2D eigenvalue weighted by Crippen LogP contribution is -2.17. The number of nitrogens with two attached hydrogens (primary N) is 1. The normalized spacial score (nSPS) is 12.9. The Bertz CT molecular complexity index is 528. The maximum atomic E-state index is 11.3. The van der Waals surface area contributed by atoms with E-state index in [1.54, 1.807) is 0 Å². The van der Waals surface area contributed by atoms with Crippen LogP contribution in [0.1, 0.15) is 31.0 Å². The van der Waals surface area contributed by atoms with Crippen molar-refractivity contribution in [3.8, 4) is 0 Å². The highest BCUT2D eigenvalue weighted by Crippen LogP contribution is 2.26. The number of aryl methyl sites for hydroxylation is 1. The van der Waals surface area contributed by atoms with E-state index in [9.17, 15) is 4.79 Å². The predicted molar refractivity (Wildman–Crippen MR) is 65.3 cm³/mol. The van der Waals surface area contributed by atoms with Crippen molar-refractivity contribution in [3.05, 3.63) is 35.5 Å². The van der Waals surface area contributed by atoms with E-state index in [0.717, 1.165) is 22.9 Å². The molecule has 0 saturated carbocycles. The fourth-order valence-corrected chi connectivity index (χ4v) is 2.01. The molecule has 16 heavy (non-hydrogen) atoms. The summed E-state index contributed by atoms with van der Waals surface area (Å²) in [5.74, 6) is -0.0113. The highest BCUT2D eigenvalue weighted by atomic mass is 16.1. The Morgan fingerprint density at radius 1 is 1.50 bits per heavy atom. The van der Waals surface area contributed by atoms with Gasteiger partial charge in [-0.25, -0.2) is 0 Å². The molecule has 1 aromatic carbocycles. The first-order valence-electron chi connectivity index (χ1n) is 5.50. The van der Waals surface area contributed by atoms with Gasteiger partial charge in [-0.05, 0) is 18.9 Å². The molecule has 3 heteroatoms. The van der Waals surface area contributed by atoms with Gasteiger partial charge in [0.2, 0.25) is 0 Å². The number of carbonyl (C=O) groups excluding carboxylic acids is 1. The van der Waals surface area contributed by atoms with Gasteiger partial charge in [0.1, 0.15) is 0 Å². The van der Waals surface area contributed by atoms with Crippen molar-refractivity contribution < 1.29 is 4.79 Å². The van der Waals surface area contributed by atoms with Crippen molar-refractivity contribution in [1.82, 2.24) is 4.98 Å². The summed E-state index contributed by atoms with van der Waals surface area (Å²) in [5, 5.41) is 1.06. The van der Waals surface area contributed by atoms with Crippen LogP contribution in [0.4, 0.5) is 0 Å². The molecule has 0 bridgehead atoms. The van der Waals surface area contributed by atoms with Crippen molar-refractivity contribution in [2.75, 3.05) is 0 Å². The number of hydrogen-bond donors (Lipinski definition) is 2. The number of nitrogens with one attached hydrogen (secondary N) is 1. The number of carbonyl (C=O) groups is 1. The first kappa shape index (κ1) is 10.9. The molecule has 0 spiro atoms. The number of fused-ring (bicyclic) bond motifs is 1. The highest BCUT2D eigenvalue weighted by Gasteiger charge is 2.16. The van der Waals surface area contributed by atoms with Crippen LogP contribution >= 0.6 is 0 Å². The molecule has 0 saturated heterocycles. The lowest BCUT2D eigenvalue weighted by Gasteiger charge is -2.06. The van der Waals surface area contributed by atoms with Gasteiger partial charge < -0.3 is 10.7 Å². The third-order valence-corrected chi connectivity index (χ3v) is 2.99. The van der Waals surface area contributed by atoms with E-state index >= 15 is 0 Å². The number of Topliss-reactive ketones (excluding diaryl/α,β-unsaturated/α-hetero) is 1. The zero-order valence-electron chi connectivity index (χ0n) is 9.58. The summed E-state index contributed by atoms with van der Waals surface area (Å²) >= 11 is 0. The van der Waals surface area contributed by atoms with E-state index in [-0.39, 0.29) is 5.78 Å². The minimum atomic E-state index is -0.527. The molecule has 2 rings (SSSR count). The maximum absolute atomic E-state index is 11.3. The van der Waals surface area contributed by atoms with E-state index in [1.165, 1.54) is 12.5 Å². The second-order valence-electron chi connectivity index (χ2n) is 4.03. The molecular formula is C13H16N2O. The number of aromatic amines is 1. The third-order valence-electron chi connectivity index (χ3n) is 2.99. The minimum Gasteiger partial charge on any atom is -0.361 e. The zero-order chi connectivity index (χ0) is 11.7. The first-order chi connectivity index (χ1) is 7.65. The summed E-state index contributed by atoms with van der Waals surface area (Å²) in [6.07, 6.45) is 2.81. The average molecular weight is 216 g/mol. The summed E-state index contributed by atoms with van der Waals surface area (Å²) < 4.78 is 0. The quantitative estimate of drug-likeness (QED) is 0.827. The van der Waals surface area contributed by atoms with Gasteiger partial charge in [-0.15, -0.1) is 0 Å². The van der Waals surface area contributed by atoms with Crippen molar-refractivity contribution in [1.29, 1.82) is 0 Å². The molecular weight excluding hydrogens is 200 g/mol. The second-order valence-corrected chi connectivity index (χ2v) is 4.03.